The highest BCUT2D eigenvalue weighted by Gasteiger charge is 2.35. The molecule has 1 aliphatic heterocycles. The quantitative estimate of drug-likeness (QED) is 0.667. The summed E-state index contributed by atoms with van der Waals surface area (Å²) in [7, 11) is 1.56. The van der Waals surface area contributed by atoms with Crippen molar-refractivity contribution >= 4 is 28.9 Å². The Morgan fingerprint density at radius 3 is 2.61 bits per heavy atom. The number of hydrogen-bond acceptors (Lipinski definition) is 4. The monoisotopic (exact) mass is 397 g/mol. The molecule has 2 N–H and O–H groups in total. The highest BCUT2D eigenvalue weighted by atomic mass is 32.1. The van der Waals surface area contributed by atoms with Gasteiger partial charge in [0.15, 0.2) is 0 Å². The maximum atomic E-state index is 13.4. The lowest BCUT2D eigenvalue weighted by Crippen LogP contribution is -2.22. The summed E-state index contributed by atoms with van der Waals surface area (Å²) < 4.78 is 18.8. The van der Waals surface area contributed by atoms with Crippen molar-refractivity contribution in [3.05, 3.63) is 69.7 Å². The summed E-state index contributed by atoms with van der Waals surface area (Å²) in [4.78, 5) is 25.3. The molecule has 4 rings (SSSR count). The molecule has 0 bridgehead atoms. The summed E-state index contributed by atoms with van der Waals surface area (Å²) in [6.45, 7) is 0. The van der Waals surface area contributed by atoms with Crippen LogP contribution in [0.15, 0.2) is 48.5 Å². The number of fused-ring (bicyclic) bond motifs is 1. The van der Waals surface area contributed by atoms with Gasteiger partial charge < -0.3 is 15.2 Å². The Hall–Kier alpha value is -3.19. The average Bonchev–Trinajstić information content (AvgIpc) is 3.07. The predicted octanol–water partition coefficient (Wildman–Crippen LogP) is 4.74. The normalized spacial score (nSPS) is 15.6. The van der Waals surface area contributed by atoms with E-state index in [4.69, 9.17) is 4.74 Å². The number of carboxylic acids is 1. The van der Waals surface area contributed by atoms with Gasteiger partial charge in [-0.2, -0.15) is 0 Å². The van der Waals surface area contributed by atoms with Crippen molar-refractivity contribution < 1.29 is 23.8 Å². The molecule has 2 heterocycles. The smallest absolute Gasteiger partial charge is 0.346 e. The largest absolute Gasteiger partial charge is 0.496 e. The summed E-state index contributed by atoms with van der Waals surface area (Å²) in [6, 6.07) is 13.0. The number of thiophene rings is 1. The van der Waals surface area contributed by atoms with Crippen LogP contribution in [0.4, 0.5) is 10.1 Å². The molecular weight excluding hydrogens is 381 g/mol. The van der Waals surface area contributed by atoms with Crippen molar-refractivity contribution in [1.29, 1.82) is 0 Å². The van der Waals surface area contributed by atoms with Crippen LogP contribution in [0, 0.1) is 5.82 Å². The molecule has 28 heavy (non-hydrogen) atoms. The maximum Gasteiger partial charge on any atom is 0.346 e. The third-order valence-electron chi connectivity index (χ3n) is 4.75. The lowest BCUT2D eigenvalue weighted by Gasteiger charge is -2.25. The molecule has 0 radical (unpaired) electrons. The van der Waals surface area contributed by atoms with Gasteiger partial charge in [0.25, 0.3) is 0 Å². The zero-order valence-corrected chi connectivity index (χ0v) is 15.7. The number of methoxy groups -OCH3 is 1. The van der Waals surface area contributed by atoms with Crippen LogP contribution < -0.4 is 10.1 Å². The highest BCUT2D eigenvalue weighted by molar-refractivity contribution is 7.15. The first-order valence-corrected chi connectivity index (χ1v) is 9.40. The van der Waals surface area contributed by atoms with E-state index in [1.807, 2.05) is 24.3 Å². The summed E-state index contributed by atoms with van der Waals surface area (Å²) >= 11 is 1.13. The van der Waals surface area contributed by atoms with Crippen LogP contribution in [0.25, 0.3) is 11.1 Å². The third-order valence-corrected chi connectivity index (χ3v) is 6.04. The number of hydrogen-bond donors (Lipinski definition) is 2. The summed E-state index contributed by atoms with van der Waals surface area (Å²) in [5.41, 5.74) is 2.24. The lowest BCUT2D eigenvalue weighted by molar-refractivity contribution is -0.116. The molecule has 142 valence electrons. The Morgan fingerprint density at radius 2 is 1.93 bits per heavy atom. The van der Waals surface area contributed by atoms with E-state index in [1.165, 1.54) is 24.3 Å². The Labute approximate surface area is 164 Å². The standard InChI is InChI=1S/C21H16FNO4S/c1-27-15-5-3-2-4-13(15)14-10-16(24)23-18-17(11-6-8-12(22)9-7-11)20(21(25)26)28-19(14)18/h2-9,14H,10H2,1H3,(H,23,24)(H,25,26)/t14-/m0/s1. The number of carbonyl (C=O) groups excluding carboxylic acids is 1. The van der Waals surface area contributed by atoms with E-state index in [2.05, 4.69) is 5.32 Å². The van der Waals surface area contributed by atoms with Gasteiger partial charge in [-0.3, -0.25) is 4.79 Å². The highest BCUT2D eigenvalue weighted by Crippen LogP contribution is 2.50. The summed E-state index contributed by atoms with van der Waals surface area (Å²) in [6.07, 6.45) is 0.190. The topological polar surface area (TPSA) is 75.6 Å². The molecule has 0 fully saturated rings. The molecule has 1 aromatic heterocycles. The van der Waals surface area contributed by atoms with E-state index in [1.54, 1.807) is 7.11 Å². The molecule has 3 aromatic rings. The van der Waals surface area contributed by atoms with Crippen molar-refractivity contribution in [2.45, 2.75) is 12.3 Å². The number of carbonyl (C=O) groups is 2. The van der Waals surface area contributed by atoms with Gasteiger partial charge in [0.2, 0.25) is 5.91 Å². The van der Waals surface area contributed by atoms with Crippen molar-refractivity contribution in [1.82, 2.24) is 0 Å². The lowest BCUT2D eigenvalue weighted by atomic mass is 9.88. The Kier molecular flexibility index (Phi) is 4.60. The zero-order chi connectivity index (χ0) is 19.8. The van der Waals surface area contributed by atoms with Crippen molar-refractivity contribution in [3.63, 3.8) is 0 Å². The van der Waals surface area contributed by atoms with Crippen LogP contribution in [-0.2, 0) is 4.79 Å². The van der Waals surface area contributed by atoms with E-state index >= 15 is 0 Å². The molecule has 0 saturated heterocycles. The second-order valence-electron chi connectivity index (χ2n) is 6.40. The van der Waals surface area contributed by atoms with Gasteiger partial charge in [0.1, 0.15) is 16.4 Å². The Morgan fingerprint density at radius 1 is 1.21 bits per heavy atom. The number of para-hydroxylation sites is 1. The van der Waals surface area contributed by atoms with Gasteiger partial charge in [-0.1, -0.05) is 30.3 Å². The van der Waals surface area contributed by atoms with E-state index in [0.717, 1.165) is 21.8 Å². The molecule has 0 saturated carbocycles. The molecule has 1 aliphatic rings. The number of aromatic carboxylic acids is 1. The van der Waals surface area contributed by atoms with Crippen molar-refractivity contribution in [2.24, 2.45) is 0 Å². The van der Waals surface area contributed by atoms with Crippen LogP contribution in [-0.4, -0.2) is 24.1 Å². The van der Waals surface area contributed by atoms with Gasteiger partial charge in [-0.05, 0) is 23.8 Å². The number of amides is 1. The summed E-state index contributed by atoms with van der Waals surface area (Å²) in [5, 5.41) is 12.6. The van der Waals surface area contributed by atoms with Gasteiger partial charge in [0, 0.05) is 28.3 Å². The van der Waals surface area contributed by atoms with E-state index < -0.39 is 11.8 Å². The molecule has 1 atom stereocenters. The van der Waals surface area contributed by atoms with Crippen molar-refractivity contribution in [3.8, 4) is 16.9 Å². The van der Waals surface area contributed by atoms with Gasteiger partial charge in [-0.25, -0.2) is 9.18 Å². The van der Waals surface area contributed by atoms with Crippen LogP contribution >= 0.6 is 11.3 Å². The number of benzene rings is 2. The molecule has 0 aliphatic carbocycles. The minimum atomic E-state index is -1.09. The molecule has 5 nitrogen and oxygen atoms in total. The first kappa shape index (κ1) is 18.2. The minimum absolute atomic E-state index is 0.110. The number of nitrogens with one attached hydrogen (secondary N) is 1. The third kappa shape index (κ3) is 3.03. The van der Waals surface area contributed by atoms with Crippen LogP contribution in [0.3, 0.4) is 0 Å². The maximum absolute atomic E-state index is 13.4. The molecular formula is C21H16FNO4S. The van der Waals surface area contributed by atoms with Crippen LogP contribution in [0.2, 0.25) is 0 Å². The van der Waals surface area contributed by atoms with Crippen LogP contribution in [0.1, 0.15) is 32.5 Å². The van der Waals surface area contributed by atoms with Crippen LogP contribution in [0.5, 0.6) is 5.75 Å². The molecule has 0 spiro atoms. The van der Waals surface area contributed by atoms with Gasteiger partial charge in [0.05, 0.1) is 12.8 Å². The van der Waals surface area contributed by atoms with Gasteiger partial charge in [-0.15, -0.1) is 11.3 Å². The second kappa shape index (κ2) is 7.09. The fourth-order valence-electron chi connectivity index (χ4n) is 3.53. The first-order chi connectivity index (χ1) is 13.5. The Balaban J connectivity index is 1.95. The van der Waals surface area contributed by atoms with Crippen molar-refractivity contribution in [2.75, 3.05) is 12.4 Å². The molecule has 1 amide bonds. The number of rotatable bonds is 4. The number of ether oxygens (including phenoxy) is 1. The zero-order valence-electron chi connectivity index (χ0n) is 14.9. The van der Waals surface area contributed by atoms with E-state index in [9.17, 15) is 19.1 Å². The number of anilines is 1. The number of carboxylic acid groups (broad SMARTS) is 1. The average molecular weight is 397 g/mol. The SMILES string of the molecule is COc1ccccc1[C@@H]1CC(=O)Nc2c1sc(C(=O)O)c2-c1ccc(F)cc1. The van der Waals surface area contributed by atoms with Gasteiger partial charge >= 0.3 is 5.97 Å². The van der Waals surface area contributed by atoms with E-state index in [-0.39, 0.29) is 23.1 Å². The number of halogens is 1. The Bertz CT molecular complexity index is 1070. The molecule has 2 aromatic carbocycles. The second-order valence-corrected chi connectivity index (χ2v) is 7.46. The summed E-state index contributed by atoms with van der Waals surface area (Å²) in [5.74, 6) is -1.40. The molecule has 0 unspecified atom stereocenters. The van der Waals surface area contributed by atoms with E-state index in [0.29, 0.717) is 22.6 Å². The fraction of sp³-hybridized carbons (Fsp3) is 0.143. The fourth-order valence-corrected chi connectivity index (χ4v) is 4.77. The minimum Gasteiger partial charge on any atom is -0.496 e. The predicted molar refractivity (Wildman–Crippen MR) is 105 cm³/mol. The molecule has 7 heteroatoms. The first-order valence-electron chi connectivity index (χ1n) is 8.58.